The summed E-state index contributed by atoms with van der Waals surface area (Å²) in [4.78, 5) is 28.0. The zero-order chi connectivity index (χ0) is 22.3. The highest BCUT2D eigenvalue weighted by molar-refractivity contribution is 6.05. The number of nitrogens with zero attached hydrogens (tertiary/aromatic N) is 2. The summed E-state index contributed by atoms with van der Waals surface area (Å²) in [7, 11) is 0. The molecule has 0 aliphatic heterocycles. The van der Waals surface area contributed by atoms with Crippen molar-refractivity contribution in [3.63, 3.8) is 0 Å². The highest BCUT2D eigenvalue weighted by Gasteiger charge is 2.17. The first-order valence-corrected chi connectivity index (χ1v) is 9.78. The number of fused-ring (bicyclic) bond motifs is 1. The molecule has 1 heterocycles. The first-order valence-electron chi connectivity index (χ1n) is 9.78. The van der Waals surface area contributed by atoms with E-state index < -0.39 is 10.8 Å². The van der Waals surface area contributed by atoms with E-state index in [1.54, 1.807) is 25.1 Å². The van der Waals surface area contributed by atoms with Gasteiger partial charge in [0.15, 0.2) is 5.58 Å². The minimum absolute atomic E-state index is 0.0878. The van der Waals surface area contributed by atoms with E-state index >= 15 is 0 Å². The Morgan fingerprint density at radius 2 is 1.65 bits per heavy atom. The van der Waals surface area contributed by atoms with Crippen LogP contribution in [0, 0.1) is 37.8 Å². The molecule has 1 aromatic heterocycles. The number of nitro benzene ring substituents is 1. The summed E-state index contributed by atoms with van der Waals surface area (Å²) in [5, 5.41) is 14.0. The summed E-state index contributed by atoms with van der Waals surface area (Å²) in [6.07, 6.45) is 0. The molecule has 3 aromatic carbocycles. The van der Waals surface area contributed by atoms with E-state index in [1.807, 2.05) is 45.0 Å². The molecule has 0 atom stereocenters. The molecule has 1 N–H and O–H groups in total. The summed E-state index contributed by atoms with van der Waals surface area (Å²) in [5.74, 6) is 0.0358. The lowest BCUT2D eigenvalue weighted by Crippen LogP contribution is -2.13. The molecule has 0 spiro atoms. The second kappa shape index (κ2) is 7.68. The van der Waals surface area contributed by atoms with E-state index in [9.17, 15) is 14.9 Å². The molecule has 0 aliphatic carbocycles. The summed E-state index contributed by atoms with van der Waals surface area (Å²) >= 11 is 0. The van der Waals surface area contributed by atoms with Crippen molar-refractivity contribution in [3.05, 3.63) is 86.5 Å². The van der Waals surface area contributed by atoms with E-state index in [4.69, 9.17) is 4.42 Å². The molecule has 1 amide bonds. The number of benzene rings is 3. The number of amides is 1. The van der Waals surface area contributed by atoms with Gasteiger partial charge in [-0.25, -0.2) is 4.98 Å². The van der Waals surface area contributed by atoms with Crippen LogP contribution in [0.5, 0.6) is 0 Å². The van der Waals surface area contributed by atoms with Crippen LogP contribution in [0.2, 0.25) is 0 Å². The van der Waals surface area contributed by atoms with Gasteiger partial charge in [-0.15, -0.1) is 0 Å². The van der Waals surface area contributed by atoms with Crippen LogP contribution in [-0.2, 0) is 0 Å². The summed E-state index contributed by atoms with van der Waals surface area (Å²) in [6, 6.07) is 13.9. The Bertz CT molecular complexity index is 1320. The van der Waals surface area contributed by atoms with Gasteiger partial charge in [-0.1, -0.05) is 12.1 Å². The van der Waals surface area contributed by atoms with Crippen molar-refractivity contribution >= 4 is 28.4 Å². The fraction of sp³-hybridized carbons (Fsp3) is 0.167. The van der Waals surface area contributed by atoms with Crippen LogP contribution in [0.3, 0.4) is 0 Å². The molecule has 7 nitrogen and oxygen atoms in total. The Kier molecular flexibility index (Phi) is 5.02. The number of oxazole rings is 1. The van der Waals surface area contributed by atoms with Crippen LogP contribution in [0.15, 0.2) is 52.9 Å². The average molecular weight is 415 g/mol. The van der Waals surface area contributed by atoms with Gasteiger partial charge in [0.05, 0.1) is 4.92 Å². The average Bonchev–Trinajstić information content (AvgIpc) is 3.12. The zero-order valence-corrected chi connectivity index (χ0v) is 17.6. The number of rotatable bonds is 4. The van der Waals surface area contributed by atoms with Gasteiger partial charge in [0.25, 0.3) is 11.6 Å². The molecule has 4 rings (SSSR count). The number of hydrogen-bond donors (Lipinski definition) is 1. The highest BCUT2D eigenvalue weighted by atomic mass is 16.6. The van der Waals surface area contributed by atoms with Crippen LogP contribution in [0.4, 0.5) is 11.4 Å². The second-order valence-corrected chi connectivity index (χ2v) is 7.67. The Morgan fingerprint density at radius 3 is 2.39 bits per heavy atom. The normalized spacial score (nSPS) is 11.0. The maximum atomic E-state index is 12.7. The molecule has 0 unspecified atom stereocenters. The van der Waals surface area contributed by atoms with E-state index in [2.05, 4.69) is 10.3 Å². The molecule has 31 heavy (non-hydrogen) atoms. The number of carbonyl (C=O) groups excluding carboxylic acids is 1. The van der Waals surface area contributed by atoms with Crippen LogP contribution in [0.25, 0.3) is 22.6 Å². The first kappa shape index (κ1) is 20.3. The molecule has 156 valence electrons. The molecule has 0 fully saturated rings. The van der Waals surface area contributed by atoms with Crippen molar-refractivity contribution in [3.8, 4) is 11.5 Å². The molecule has 0 radical (unpaired) electrons. The van der Waals surface area contributed by atoms with Gasteiger partial charge in [-0.3, -0.25) is 14.9 Å². The van der Waals surface area contributed by atoms with Gasteiger partial charge < -0.3 is 9.73 Å². The van der Waals surface area contributed by atoms with Gasteiger partial charge in [0.1, 0.15) is 5.52 Å². The molecule has 0 saturated heterocycles. The fourth-order valence-corrected chi connectivity index (χ4v) is 3.33. The van der Waals surface area contributed by atoms with Crippen LogP contribution >= 0.6 is 0 Å². The van der Waals surface area contributed by atoms with Crippen molar-refractivity contribution in [1.82, 2.24) is 4.98 Å². The number of hydrogen-bond acceptors (Lipinski definition) is 5. The quantitative estimate of drug-likeness (QED) is 0.331. The van der Waals surface area contributed by atoms with Crippen LogP contribution < -0.4 is 5.32 Å². The molecular formula is C24H21N3O4. The Hall–Kier alpha value is -4.00. The van der Waals surface area contributed by atoms with E-state index in [1.165, 1.54) is 6.07 Å². The number of nitrogens with one attached hydrogen (secondary N) is 1. The summed E-state index contributed by atoms with van der Waals surface area (Å²) < 4.78 is 5.93. The van der Waals surface area contributed by atoms with Crippen molar-refractivity contribution in [1.29, 1.82) is 0 Å². The topological polar surface area (TPSA) is 98.3 Å². The third kappa shape index (κ3) is 3.90. The molecule has 7 heteroatoms. The fourth-order valence-electron chi connectivity index (χ4n) is 3.33. The largest absolute Gasteiger partial charge is 0.436 e. The standard InChI is InChI=1S/C24H21N3O4/c1-13-5-8-18(24-26-20-9-15(3)16(4)10-22(20)31-24)11-19(13)25-23(28)17-7-6-14(2)21(12-17)27(29)30/h5-12H,1-4H3,(H,25,28). The number of aryl methyl sites for hydroxylation is 4. The third-order valence-electron chi connectivity index (χ3n) is 5.40. The lowest BCUT2D eigenvalue weighted by molar-refractivity contribution is -0.385. The minimum Gasteiger partial charge on any atom is -0.436 e. The van der Waals surface area contributed by atoms with Crippen LogP contribution in [-0.4, -0.2) is 15.8 Å². The van der Waals surface area contributed by atoms with Gasteiger partial charge >= 0.3 is 0 Å². The Balaban J connectivity index is 1.66. The SMILES string of the molecule is Cc1cc2nc(-c3ccc(C)c(NC(=O)c4ccc(C)c([N+](=O)[O-])c4)c3)oc2cc1C. The maximum absolute atomic E-state index is 12.7. The first-order chi connectivity index (χ1) is 14.7. The Morgan fingerprint density at radius 1 is 0.935 bits per heavy atom. The lowest BCUT2D eigenvalue weighted by Gasteiger charge is -2.10. The van der Waals surface area contributed by atoms with Crippen molar-refractivity contribution in [2.24, 2.45) is 0 Å². The summed E-state index contributed by atoms with van der Waals surface area (Å²) in [6.45, 7) is 7.55. The van der Waals surface area contributed by atoms with Gasteiger partial charge in [0.2, 0.25) is 5.89 Å². The smallest absolute Gasteiger partial charge is 0.273 e. The highest BCUT2D eigenvalue weighted by Crippen LogP contribution is 2.30. The van der Waals surface area contributed by atoms with Gasteiger partial charge in [-0.05, 0) is 74.7 Å². The van der Waals surface area contributed by atoms with E-state index in [-0.39, 0.29) is 11.3 Å². The van der Waals surface area contributed by atoms with E-state index in [0.29, 0.717) is 22.7 Å². The second-order valence-electron chi connectivity index (χ2n) is 7.67. The zero-order valence-electron chi connectivity index (χ0n) is 17.6. The van der Waals surface area contributed by atoms with Gasteiger partial charge in [0, 0.05) is 28.4 Å². The Labute approximate surface area is 178 Å². The van der Waals surface area contributed by atoms with E-state index in [0.717, 1.165) is 27.8 Å². The van der Waals surface area contributed by atoms with Gasteiger partial charge in [-0.2, -0.15) is 0 Å². The number of aromatic nitrogens is 1. The van der Waals surface area contributed by atoms with Crippen molar-refractivity contribution in [2.75, 3.05) is 5.32 Å². The number of carbonyl (C=O) groups is 1. The monoisotopic (exact) mass is 415 g/mol. The number of nitro groups is 1. The molecule has 0 saturated carbocycles. The molecule has 0 bridgehead atoms. The molecule has 0 aliphatic rings. The summed E-state index contributed by atoms with van der Waals surface area (Å²) in [5.41, 5.74) is 6.53. The predicted octanol–water partition coefficient (Wildman–Crippen LogP) is 5.89. The minimum atomic E-state index is -0.491. The van der Waals surface area contributed by atoms with Crippen molar-refractivity contribution < 1.29 is 14.1 Å². The van der Waals surface area contributed by atoms with Crippen molar-refractivity contribution in [2.45, 2.75) is 27.7 Å². The van der Waals surface area contributed by atoms with Crippen LogP contribution in [0.1, 0.15) is 32.6 Å². The molecule has 4 aromatic rings. The lowest BCUT2D eigenvalue weighted by atomic mass is 10.1. The molecular weight excluding hydrogens is 394 g/mol. The third-order valence-corrected chi connectivity index (χ3v) is 5.40. The predicted molar refractivity (Wildman–Crippen MR) is 119 cm³/mol. The number of anilines is 1. The maximum Gasteiger partial charge on any atom is 0.273 e.